The van der Waals surface area contributed by atoms with Gasteiger partial charge < -0.3 is 0 Å². The van der Waals surface area contributed by atoms with E-state index in [2.05, 4.69) is 20.5 Å². The number of hydrogen-bond acceptors (Lipinski definition) is 7. The molecule has 0 aliphatic carbocycles. The molecule has 0 fully saturated rings. The van der Waals surface area contributed by atoms with Gasteiger partial charge in [0, 0.05) is 10.4 Å². The third-order valence-corrected chi connectivity index (χ3v) is 6.61. The molecule has 1 N–H and O–H groups in total. The van der Waals surface area contributed by atoms with E-state index in [0.717, 1.165) is 27.4 Å². The van der Waals surface area contributed by atoms with Crippen molar-refractivity contribution in [3.05, 3.63) is 56.1 Å². The van der Waals surface area contributed by atoms with E-state index in [0.29, 0.717) is 21.2 Å². The maximum atomic E-state index is 13.4. The van der Waals surface area contributed by atoms with Crippen LogP contribution in [0.5, 0.6) is 0 Å². The quantitative estimate of drug-likeness (QED) is 0.505. The highest BCUT2D eigenvalue weighted by molar-refractivity contribution is 7.19. The fourth-order valence-electron chi connectivity index (χ4n) is 3.20. The first-order chi connectivity index (χ1) is 14.4. The number of aromatic nitrogens is 4. The van der Waals surface area contributed by atoms with Crippen LogP contribution in [0.25, 0.3) is 21.3 Å². The molecule has 3 aromatic heterocycles. The van der Waals surface area contributed by atoms with Crippen LogP contribution in [-0.4, -0.2) is 25.7 Å². The normalized spacial score (nSPS) is 11.2. The van der Waals surface area contributed by atoms with E-state index in [1.165, 1.54) is 39.4 Å². The third kappa shape index (κ3) is 3.75. The van der Waals surface area contributed by atoms with Gasteiger partial charge in [-0.2, -0.15) is 0 Å². The van der Waals surface area contributed by atoms with E-state index >= 15 is 0 Å². The van der Waals surface area contributed by atoms with E-state index in [9.17, 15) is 14.0 Å². The fourth-order valence-corrected chi connectivity index (χ4v) is 4.97. The number of carbonyl (C=O) groups is 1. The number of aryl methyl sites for hydroxylation is 3. The number of anilines is 1. The van der Waals surface area contributed by atoms with Crippen LogP contribution in [-0.2, 0) is 17.8 Å². The summed E-state index contributed by atoms with van der Waals surface area (Å²) in [6.07, 6.45) is 0.733. The number of hydrogen-bond donors (Lipinski definition) is 1. The summed E-state index contributed by atoms with van der Waals surface area (Å²) >= 11 is 2.71. The smallest absolute Gasteiger partial charge is 0.263 e. The minimum absolute atomic E-state index is 0.188. The Labute approximate surface area is 179 Å². The number of rotatable bonds is 5. The molecule has 0 spiro atoms. The summed E-state index contributed by atoms with van der Waals surface area (Å²) in [4.78, 5) is 31.9. The Kier molecular flexibility index (Phi) is 5.44. The Balaban J connectivity index is 1.73. The maximum absolute atomic E-state index is 13.4. The predicted molar refractivity (Wildman–Crippen MR) is 117 cm³/mol. The first-order valence-corrected chi connectivity index (χ1v) is 10.9. The van der Waals surface area contributed by atoms with Crippen molar-refractivity contribution in [2.24, 2.45) is 0 Å². The molecule has 0 saturated carbocycles. The van der Waals surface area contributed by atoms with E-state index in [-0.39, 0.29) is 23.8 Å². The zero-order chi connectivity index (χ0) is 21.4. The van der Waals surface area contributed by atoms with Gasteiger partial charge in [0.25, 0.3) is 5.56 Å². The van der Waals surface area contributed by atoms with Gasteiger partial charge in [0.15, 0.2) is 0 Å². The molecule has 30 heavy (non-hydrogen) atoms. The van der Waals surface area contributed by atoms with Gasteiger partial charge in [-0.3, -0.25) is 19.5 Å². The molecular weight excluding hydrogens is 425 g/mol. The zero-order valence-corrected chi connectivity index (χ0v) is 18.2. The Morgan fingerprint density at radius 3 is 2.57 bits per heavy atom. The molecule has 0 radical (unpaired) electrons. The number of fused-ring (bicyclic) bond motifs is 1. The van der Waals surface area contributed by atoms with E-state index in [1.807, 2.05) is 13.8 Å². The molecule has 0 aliphatic rings. The lowest BCUT2D eigenvalue weighted by molar-refractivity contribution is -0.116. The monoisotopic (exact) mass is 443 g/mol. The van der Waals surface area contributed by atoms with Gasteiger partial charge in [-0.25, -0.2) is 9.37 Å². The highest BCUT2D eigenvalue weighted by Gasteiger charge is 2.20. The second-order valence-electron chi connectivity index (χ2n) is 6.67. The van der Waals surface area contributed by atoms with Crippen LogP contribution in [0, 0.1) is 19.7 Å². The van der Waals surface area contributed by atoms with Crippen LogP contribution in [0.4, 0.5) is 9.52 Å². The van der Waals surface area contributed by atoms with Crippen LogP contribution in [0.1, 0.15) is 22.6 Å². The van der Waals surface area contributed by atoms with E-state index < -0.39 is 0 Å². The molecular formula is C20H18FN5O2S2. The number of carbonyl (C=O) groups excluding carboxylic acids is 1. The largest absolute Gasteiger partial charge is 0.299 e. The van der Waals surface area contributed by atoms with Gasteiger partial charge in [-0.1, -0.05) is 30.4 Å². The first kappa shape index (κ1) is 20.3. The van der Waals surface area contributed by atoms with Gasteiger partial charge in [-0.15, -0.1) is 21.5 Å². The van der Waals surface area contributed by atoms with Crippen LogP contribution in [0.2, 0.25) is 0 Å². The number of nitrogens with zero attached hydrogens (tertiary/aromatic N) is 4. The number of thiophene rings is 1. The lowest BCUT2D eigenvalue weighted by Gasteiger charge is -2.10. The van der Waals surface area contributed by atoms with Gasteiger partial charge in [0.1, 0.15) is 28.0 Å². The molecule has 0 atom stereocenters. The molecule has 4 rings (SSSR count). The highest BCUT2D eigenvalue weighted by Crippen LogP contribution is 2.35. The van der Waals surface area contributed by atoms with Crippen molar-refractivity contribution in [2.75, 3.05) is 5.32 Å². The second-order valence-corrected chi connectivity index (χ2v) is 8.94. The topological polar surface area (TPSA) is 89.8 Å². The van der Waals surface area contributed by atoms with Crippen LogP contribution < -0.4 is 10.9 Å². The van der Waals surface area contributed by atoms with Crippen molar-refractivity contribution in [1.29, 1.82) is 0 Å². The van der Waals surface area contributed by atoms with Gasteiger partial charge in [0.05, 0.1) is 5.39 Å². The maximum Gasteiger partial charge on any atom is 0.263 e. The molecule has 0 unspecified atom stereocenters. The number of nitrogens with one attached hydrogen (secondary N) is 1. The average Bonchev–Trinajstić information content (AvgIpc) is 3.29. The summed E-state index contributed by atoms with van der Waals surface area (Å²) in [5.41, 5.74) is 1.15. The van der Waals surface area contributed by atoms with Crippen molar-refractivity contribution in [3.63, 3.8) is 0 Å². The fraction of sp³-hybridized carbons (Fsp3) is 0.250. The molecule has 10 heteroatoms. The van der Waals surface area contributed by atoms with E-state index in [4.69, 9.17) is 0 Å². The van der Waals surface area contributed by atoms with Crippen LogP contribution >= 0.6 is 22.7 Å². The third-order valence-electron chi connectivity index (χ3n) is 4.63. The number of benzene rings is 1. The molecule has 4 aromatic rings. The van der Waals surface area contributed by atoms with Crippen molar-refractivity contribution >= 4 is 43.9 Å². The van der Waals surface area contributed by atoms with E-state index in [1.54, 1.807) is 19.1 Å². The summed E-state index contributed by atoms with van der Waals surface area (Å²) in [6, 6.07) is 6.00. The van der Waals surface area contributed by atoms with Gasteiger partial charge in [-0.05, 0) is 38.0 Å². The van der Waals surface area contributed by atoms with Crippen molar-refractivity contribution < 1.29 is 9.18 Å². The summed E-state index contributed by atoms with van der Waals surface area (Å²) in [7, 11) is 0. The lowest BCUT2D eigenvalue weighted by Crippen LogP contribution is -2.30. The Bertz CT molecular complexity index is 1310. The average molecular weight is 444 g/mol. The predicted octanol–water partition coefficient (Wildman–Crippen LogP) is 3.93. The van der Waals surface area contributed by atoms with Crippen molar-refractivity contribution in [3.8, 4) is 11.1 Å². The van der Waals surface area contributed by atoms with Crippen LogP contribution in [0.3, 0.4) is 0 Å². The Hall–Kier alpha value is -2.98. The standard InChI is InChI=1S/C20H18FN5O2S2/c1-4-15-24-25-20(30-15)23-14(27)9-26-11(3)22-18-17(19(26)28)16(10(2)29-18)12-5-7-13(21)8-6-12/h5-8H,4,9H2,1-3H3,(H,23,25,27). The second kappa shape index (κ2) is 8.04. The van der Waals surface area contributed by atoms with Gasteiger partial charge >= 0.3 is 0 Å². The summed E-state index contributed by atoms with van der Waals surface area (Å²) in [5.74, 6) is -0.279. The van der Waals surface area contributed by atoms with Gasteiger partial charge in [0.2, 0.25) is 11.0 Å². The Morgan fingerprint density at radius 2 is 1.90 bits per heavy atom. The summed E-state index contributed by atoms with van der Waals surface area (Å²) < 4.78 is 14.7. The minimum atomic E-state index is -0.379. The Morgan fingerprint density at radius 1 is 1.17 bits per heavy atom. The number of amides is 1. The molecule has 3 heterocycles. The molecule has 1 amide bonds. The molecule has 154 valence electrons. The number of halogens is 1. The summed E-state index contributed by atoms with van der Waals surface area (Å²) in [6.45, 7) is 5.36. The van der Waals surface area contributed by atoms with Crippen molar-refractivity contribution in [1.82, 2.24) is 19.7 Å². The minimum Gasteiger partial charge on any atom is -0.299 e. The molecule has 0 bridgehead atoms. The lowest BCUT2D eigenvalue weighted by atomic mass is 10.0. The summed E-state index contributed by atoms with van der Waals surface area (Å²) in [5, 5.41) is 12.2. The van der Waals surface area contributed by atoms with Crippen LogP contribution in [0.15, 0.2) is 29.1 Å². The molecule has 7 nitrogen and oxygen atoms in total. The molecule has 0 aliphatic heterocycles. The molecule has 0 saturated heterocycles. The van der Waals surface area contributed by atoms with Crippen molar-refractivity contribution in [2.45, 2.75) is 33.7 Å². The first-order valence-electron chi connectivity index (χ1n) is 9.26. The SMILES string of the molecule is CCc1nnc(NC(=O)Cn2c(C)nc3sc(C)c(-c4ccc(F)cc4)c3c2=O)s1. The zero-order valence-electron chi connectivity index (χ0n) is 16.5. The molecule has 1 aromatic carbocycles. The highest BCUT2D eigenvalue weighted by atomic mass is 32.1.